The number of aliphatic hydroxyl groups is 4. The Morgan fingerprint density at radius 1 is 1.21 bits per heavy atom. The van der Waals surface area contributed by atoms with Gasteiger partial charge in [-0.1, -0.05) is 26.8 Å². The first-order valence-corrected chi connectivity index (χ1v) is 11.6. The summed E-state index contributed by atoms with van der Waals surface area (Å²) in [5.41, 5.74) is -6.97. The predicted molar refractivity (Wildman–Crippen MR) is 116 cm³/mol. The zero-order chi connectivity index (χ0) is 25.6. The maximum absolute atomic E-state index is 13.2. The highest BCUT2D eigenvalue weighted by molar-refractivity contribution is 5.91. The Morgan fingerprint density at radius 3 is 2.44 bits per heavy atom. The Bertz CT molecular complexity index is 870. The molecule has 0 aliphatic carbocycles. The van der Waals surface area contributed by atoms with Crippen LogP contribution in [0, 0.1) is 5.92 Å². The van der Waals surface area contributed by atoms with Crippen LogP contribution in [0.1, 0.15) is 47.5 Å². The van der Waals surface area contributed by atoms with E-state index in [1.807, 2.05) is 11.0 Å². The van der Waals surface area contributed by atoms with Gasteiger partial charge in [-0.15, -0.1) is 0 Å². The van der Waals surface area contributed by atoms with Crippen molar-refractivity contribution >= 4 is 17.9 Å². The third-order valence-corrected chi connectivity index (χ3v) is 7.60. The van der Waals surface area contributed by atoms with Crippen molar-refractivity contribution in [3.8, 4) is 0 Å². The van der Waals surface area contributed by atoms with E-state index < -0.39 is 65.0 Å². The summed E-state index contributed by atoms with van der Waals surface area (Å²) in [6.45, 7) is 7.75. The molecule has 0 aromatic rings. The summed E-state index contributed by atoms with van der Waals surface area (Å²) in [7, 11) is 0. The van der Waals surface area contributed by atoms with Crippen LogP contribution in [0.15, 0.2) is 11.6 Å². The average Bonchev–Trinajstić information content (AvgIpc) is 3.37. The van der Waals surface area contributed by atoms with Crippen LogP contribution in [0.4, 0.5) is 0 Å². The SMILES string of the molecule is CCC(C)(O)[C@]1(O)C(=O)O[C@@H]2CCN3CC=C(COC(=O)[C@](O)(C(C)C)[C@@H](C)OC(=O)[C@H]1O)[C@H]23. The molecule has 3 heterocycles. The van der Waals surface area contributed by atoms with Crippen LogP contribution in [-0.4, -0.2) is 104 Å². The Balaban J connectivity index is 2.09. The Hall–Kier alpha value is -2.05. The molecule has 0 radical (unpaired) electrons. The van der Waals surface area contributed by atoms with Crippen molar-refractivity contribution in [3.63, 3.8) is 0 Å². The number of cyclic esters (lactones) is 2. The molecule has 2 fully saturated rings. The Kier molecular flexibility index (Phi) is 7.18. The maximum atomic E-state index is 13.2. The molecule has 3 aliphatic heterocycles. The van der Waals surface area contributed by atoms with Crippen LogP contribution in [0.3, 0.4) is 0 Å². The van der Waals surface area contributed by atoms with Crippen molar-refractivity contribution in [1.29, 1.82) is 0 Å². The molecule has 0 saturated carbocycles. The van der Waals surface area contributed by atoms with Gasteiger partial charge in [-0.05, 0) is 38.2 Å². The fourth-order valence-electron chi connectivity index (χ4n) is 4.88. The first-order chi connectivity index (χ1) is 15.7. The monoisotopic (exact) mass is 485 g/mol. The van der Waals surface area contributed by atoms with Crippen molar-refractivity contribution in [1.82, 2.24) is 4.90 Å². The topological polar surface area (TPSA) is 163 Å². The third kappa shape index (κ3) is 4.03. The van der Waals surface area contributed by atoms with Crippen LogP contribution in [-0.2, 0) is 28.6 Å². The van der Waals surface area contributed by atoms with Gasteiger partial charge in [0, 0.05) is 13.1 Å². The van der Waals surface area contributed by atoms with E-state index in [1.165, 1.54) is 27.7 Å². The first-order valence-electron chi connectivity index (χ1n) is 11.6. The normalized spacial score (nSPS) is 39.5. The van der Waals surface area contributed by atoms with Crippen molar-refractivity contribution in [2.24, 2.45) is 5.92 Å². The number of ether oxygens (including phenoxy) is 3. The van der Waals surface area contributed by atoms with Crippen molar-refractivity contribution < 1.29 is 49.0 Å². The minimum atomic E-state index is -3.07. The first kappa shape index (κ1) is 26.6. The average molecular weight is 486 g/mol. The summed E-state index contributed by atoms with van der Waals surface area (Å²) in [5.74, 6) is -4.67. The van der Waals surface area contributed by atoms with Gasteiger partial charge in [-0.25, -0.2) is 14.4 Å². The molecule has 34 heavy (non-hydrogen) atoms. The zero-order valence-electron chi connectivity index (χ0n) is 20.2. The van der Waals surface area contributed by atoms with Gasteiger partial charge in [0.15, 0.2) is 6.10 Å². The van der Waals surface area contributed by atoms with Crippen molar-refractivity contribution in [2.45, 2.75) is 88.6 Å². The van der Waals surface area contributed by atoms with E-state index in [9.17, 15) is 34.8 Å². The molecule has 11 heteroatoms. The van der Waals surface area contributed by atoms with E-state index in [-0.39, 0.29) is 13.0 Å². The number of nitrogens with zero attached hydrogens (tertiary/aromatic N) is 1. The van der Waals surface area contributed by atoms with Crippen molar-refractivity contribution in [3.05, 3.63) is 11.6 Å². The number of rotatable bonds is 3. The Labute approximate surface area is 198 Å². The lowest BCUT2D eigenvalue weighted by atomic mass is 9.77. The smallest absolute Gasteiger partial charge is 0.344 e. The largest absolute Gasteiger partial charge is 0.459 e. The van der Waals surface area contributed by atoms with Crippen LogP contribution in [0.2, 0.25) is 0 Å². The summed E-state index contributed by atoms with van der Waals surface area (Å²) >= 11 is 0. The van der Waals surface area contributed by atoms with Crippen LogP contribution < -0.4 is 0 Å². The summed E-state index contributed by atoms with van der Waals surface area (Å²) in [4.78, 5) is 41.0. The molecule has 1 unspecified atom stereocenters. The molecule has 4 N–H and O–H groups in total. The van der Waals surface area contributed by atoms with Gasteiger partial charge in [0.25, 0.3) is 0 Å². The lowest BCUT2D eigenvalue weighted by Crippen LogP contribution is -2.68. The highest BCUT2D eigenvalue weighted by Crippen LogP contribution is 2.37. The van der Waals surface area contributed by atoms with Gasteiger partial charge in [-0.3, -0.25) is 4.90 Å². The molecule has 3 aliphatic rings. The fourth-order valence-corrected chi connectivity index (χ4v) is 4.88. The molecular weight excluding hydrogens is 450 g/mol. The number of hydrogen-bond acceptors (Lipinski definition) is 11. The third-order valence-electron chi connectivity index (χ3n) is 7.60. The molecular formula is C23H35NO10. The van der Waals surface area contributed by atoms with Gasteiger partial charge in [0.1, 0.15) is 24.4 Å². The number of aliphatic hydroxyl groups excluding tert-OH is 1. The number of carbonyl (C=O) groups excluding carboxylic acids is 3. The van der Waals surface area contributed by atoms with E-state index in [2.05, 4.69) is 0 Å². The fraction of sp³-hybridized carbons (Fsp3) is 0.783. The van der Waals surface area contributed by atoms with E-state index in [4.69, 9.17) is 14.2 Å². The molecule has 0 aromatic carbocycles. The predicted octanol–water partition coefficient (Wildman–Crippen LogP) is -0.959. The van der Waals surface area contributed by atoms with Gasteiger partial charge < -0.3 is 34.6 Å². The molecule has 7 atom stereocenters. The van der Waals surface area contributed by atoms with Crippen LogP contribution in [0.5, 0.6) is 0 Å². The molecule has 3 rings (SSSR count). The maximum Gasteiger partial charge on any atom is 0.344 e. The minimum Gasteiger partial charge on any atom is -0.459 e. The number of esters is 3. The molecule has 0 bridgehead atoms. The molecule has 0 aromatic heterocycles. The summed E-state index contributed by atoms with van der Waals surface area (Å²) < 4.78 is 16.1. The summed E-state index contributed by atoms with van der Waals surface area (Å²) in [6.07, 6.45) is -2.86. The molecule has 192 valence electrons. The molecule has 0 spiro atoms. The van der Waals surface area contributed by atoms with E-state index in [0.29, 0.717) is 25.1 Å². The van der Waals surface area contributed by atoms with Crippen LogP contribution >= 0.6 is 0 Å². The number of hydrogen-bond donors (Lipinski definition) is 4. The second kappa shape index (κ2) is 9.19. The van der Waals surface area contributed by atoms with E-state index in [0.717, 1.165) is 6.92 Å². The highest BCUT2D eigenvalue weighted by Gasteiger charge is 2.62. The summed E-state index contributed by atoms with van der Waals surface area (Å²) in [5, 5.41) is 44.1. The quantitative estimate of drug-likeness (QED) is 0.221. The van der Waals surface area contributed by atoms with Gasteiger partial charge in [0.05, 0.1) is 6.04 Å². The zero-order valence-corrected chi connectivity index (χ0v) is 20.2. The standard InChI is InChI=1S/C23H35NO10/c1-6-21(5,29)23(31)17(25)18(26)33-13(4)22(30,12(2)3)19(27)32-11-14-7-9-24-10-8-15(16(14)24)34-20(23)28/h7,12-13,15-17,25,29-31H,6,8-11H2,1-5H3/t13-,15-,16-,17-,21?,22+,23-/m1/s1. The van der Waals surface area contributed by atoms with Crippen LogP contribution in [0.25, 0.3) is 0 Å². The van der Waals surface area contributed by atoms with Gasteiger partial charge >= 0.3 is 17.9 Å². The number of carbonyl (C=O) groups is 3. The second-order valence-corrected chi connectivity index (χ2v) is 9.88. The van der Waals surface area contributed by atoms with Crippen molar-refractivity contribution in [2.75, 3.05) is 19.7 Å². The lowest BCUT2D eigenvalue weighted by molar-refractivity contribution is -0.235. The summed E-state index contributed by atoms with van der Waals surface area (Å²) in [6, 6.07) is -0.454. The Morgan fingerprint density at radius 2 is 1.85 bits per heavy atom. The van der Waals surface area contributed by atoms with Gasteiger partial charge in [-0.2, -0.15) is 0 Å². The minimum absolute atomic E-state index is 0.177. The molecule has 11 nitrogen and oxygen atoms in total. The lowest BCUT2D eigenvalue weighted by Gasteiger charge is -2.42. The second-order valence-electron chi connectivity index (χ2n) is 9.88. The van der Waals surface area contributed by atoms with E-state index >= 15 is 0 Å². The molecule has 0 amide bonds. The highest BCUT2D eigenvalue weighted by atomic mass is 16.6. The molecule has 2 saturated heterocycles. The van der Waals surface area contributed by atoms with E-state index in [1.54, 1.807) is 0 Å². The van der Waals surface area contributed by atoms with Gasteiger partial charge in [0.2, 0.25) is 11.2 Å².